The van der Waals surface area contributed by atoms with Crippen molar-refractivity contribution in [3.8, 4) is 11.3 Å². The molecule has 0 atom stereocenters. The van der Waals surface area contributed by atoms with Crippen LogP contribution in [0.25, 0.3) is 22.2 Å². The van der Waals surface area contributed by atoms with E-state index >= 15 is 0 Å². The number of hydrogen-bond acceptors (Lipinski definition) is 1. The van der Waals surface area contributed by atoms with Gasteiger partial charge in [0.15, 0.2) is 6.29 Å². The minimum Gasteiger partial charge on any atom is -0.354 e. The van der Waals surface area contributed by atoms with Gasteiger partial charge in [0.1, 0.15) is 5.82 Å². The van der Waals surface area contributed by atoms with Crippen LogP contribution in [0.3, 0.4) is 0 Å². The van der Waals surface area contributed by atoms with E-state index in [1.54, 1.807) is 6.07 Å². The summed E-state index contributed by atoms with van der Waals surface area (Å²) in [6.07, 6.45) is 0.810. The van der Waals surface area contributed by atoms with Crippen LogP contribution in [-0.4, -0.2) is 11.3 Å². The second-order valence-corrected chi connectivity index (χ2v) is 5.07. The monoisotopic (exact) mass is 287 g/mol. The van der Waals surface area contributed by atoms with Crippen LogP contribution in [0.15, 0.2) is 36.4 Å². The van der Waals surface area contributed by atoms with Gasteiger partial charge in [0.25, 0.3) is 0 Å². The number of carbonyl (C=O) groups excluding carboxylic acids is 1. The van der Waals surface area contributed by atoms with Gasteiger partial charge < -0.3 is 4.98 Å². The summed E-state index contributed by atoms with van der Waals surface area (Å²) < 4.78 is 13.3. The Labute approximate surface area is 120 Å². The lowest BCUT2D eigenvalue weighted by Gasteiger charge is -2.01. The van der Waals surface area contributed by atoms with Crippen molar-refractivity contribution in [2.45, 2.75) is 6.92 Å². The summed E-state index contributed by atoms with van der Waals surface area (Å²) in [5, 5.41) is 0.894. The average Bonchev–Trinajstić information content (AvgIpc) is 2.82. The van der Waals surface area contributed by atoms with Gasteiger partial charge >= 0.3 is 0 Å². The molecule has 0 aliphatic heterocycles. The highest BCUT2D eigenvalue weighted by Crippen LogP contribution is 2.32. The number of nitrogens with one attached hydrogen (secondary N) is 1. The van der Waals surface area contributed by atoms with E-state index in [4.69, 9.17) is 11.6 Å². The molecule has 20 heavy (non-hydrogen) atoms. The molecule has 4 heteroatoms. The summed E-state index contributed by atoms with van der Waals surface area (Å²) in [7, 11) is 0. The van der Waals surface area contributed by atoms with Gasteiger partial charge in [0.05, 0.1) is 10.7 Å². The first kappa shape index (κ1) is 12.9. The molecule has 100 valence electrons. The predicted molar refractivity (Wildman–Crippen MR) is 78.8 cm³/mol. The molecular weight excluding hydrogens is 277 g/mol. The van der Waals surface area contributed by atoms with Gasteiger partial charge in [-0.2, -0.15) is 0 Å². The highest BCUT2D eigenvalue weighted by Gasteiger charge is 2.14. The number of halogens is 2. The van der Waals surface area contributed by atoms with Crippen LogP contribution in [0.2, 0.25) is 5.02 Å². The predicted octanol–water partition coefficient (Wildman–Crippen LogP) is 4.75. The molecule has 1 heterocycles. The summed E-state index contributed by atoms with van der Waals surface area (Å²) in [6.45, 7) is 1.97. The van der Waals surface area contributed by atoms with Crippen LogP contribution in [0, 0.1) is 12.7 Å². The summed E-state index contributed by atoms with van der Waals surface area (Å²) in [6, 6.07) is 10.2. The van der Waals surface area contributed by atoms with Crippen molar-refractivity contribution in [1.82, 2.24) is 4.98 Å². The third-order valence-corrected chi connectivity index (χ3v) is 3.70. The molecule has 3 rings (SSSR count). The van der Waals surface area contributed by atoms with Crippen LogP contribution >= 0.6 is 11.6 Å². The zero-order chi connectivity index (χ0) is 14.3. The first-order valence-electron chi connectivity index (χ1n) is 6.13. The van der Waals surface area contributed by atoms with Gasteiger partial charge in [-0.25, -0.2) is 4.39 Å². The maximum absolute atomic E-state index is 13.3. The van der Waals surface area contributed by atoms with Gasteiger partial charge in [-0.3, -0.25) is 4.79 Å². The third-order valence-electron chi connectivity index (χ3n) is 3.41. The number of aromatic nitrogens is 1. The molecule has 0 bridgehead atoms. The number of aromatic amines is 1. The van der Waals surface area contributed by atoms with Crippen LogP contribution in [-0.2, 0) is 0 Å². The van der Waals surface area contributed by atoms with Gasteiger partial charge in [-0.1, -0.05) is 29.8 Å². The standard InChI is InChI=1S/C16H11ClFNO/c1-9-3-2-4-11-12(8-20)16(19-15(9)11)10-5-6-14(18)13(17)7-10/h2-8,19H,1H3. The second-order valence-electron chi connectivity index (χ2n) is 4.66. The Morgan fingerprint density at radius 1 is 1.25 bits per heavy atom. The Balaban J connectivity index is 2.33. The van der Waals surface area contributed by atoms with Crippen molar-refractivity contribution < 1.29 is 9.18 Å². The lowest BCUT2D eigenvalue weighted by Crippen LogP contribution is -1.86. The second kappa shape index (κ2) is 4.76. The average molecular weight is 288 g/mol. The Morgan fingerprint density at radius 3 is 2.75 bits per heavy atom. The molecule has 0 saturated carbocycles. The first-order chi connectivity index (χ1) is 9.61. The number of carbonyl (C=O) groups is 1. The molecule has 0 fully saturated rings. The van der Waals surface area contributed by atoms with E-state index in [9.17, 15) is 9.18 Å². The fourth-order valence-corrected chi connectivity index (χ4v) is 2.57. The number of hydrogen-bond donors (Lipinski definition) is 1. The fraction of sp³-hybridized carbons (Fsp3) is 0.0625. The molecule has 2 nitrogen and oxygen atoms in total. The molecule has 0 radical (unpaired) electrons. The Kier molecular flexibility index (Phi) is 3.07. The number of para-hydroxylation sites is 1. The molecular formula is C16H11ClFNO. The summed E-state index contributed by atoms with van der Waals surface area (Å²) >= 11 is 5.81. The highest BCUT2D eigenvalue weighted by atomic mass is 35.5. The van der Waals surface area contributed by atoms with Crippen LogP contribution in [0.5, 0.6) is 0 Å². The number of benzene rings is 2. The van der Waals surface area contributed by atoms with Crippen LogP contribution in [0.4, 0.5) is 4.39 Å². The fourth-order valence-electron chi connectivity index (χ4n) is 2.39. The van der Waals surface area contributed by atoms with Gasteiger partial charge in [-0.15, -0.1) is 0 Å². The first-order valence-corrected chi connectivity index (χ1v) is 6.51. The topological polar surface area (TPSA) is 32.9 Å². The van der Waals surface area contributed by atoms with Crippen molar-refractivity contribution in [3.63, 3.8) is 0 Å². The van der Waals surface area contributed by atoms with E-state index in [2.05, 4.69) is 4.98 Å². The van der Waals surface area contributed by atoms with Crippen LogP contribution < -0.4 is 0 Å². The zero-order valence-electron chi connectivity index (χ0n) is 10.7. The maximum atomic E-state index is 13.3. The molecule has 0 amide bonds. The molecule has 0 spiro atoms. The minimum atomic E-state index is -0.477. The van der Waals surface area contributed by atoms with Gasteiger partial charge in [-0.05, 0) is 30.7 Å². The summed E-state index contributed by atoms with van der Waals surface area (Å²) in [5.74, 6) is -0.477. The number of aldehydes is 1. The maximum Gasteiger partial charge on any atom is 0.152 e. The number of H-pyrrole nitrogens is 1. The van der Waals surface area contributed by atoms with E-state index in [1.807, 2.05) is 25.1 Å². The smallest absolute Gasteiger partial charge is 0.152 e. The Hall–Kier alpha value is -2.13. The molecule has 0 aliphatic rings. The lowest BCUT2D eigenvalue weighted by atomic mass is 10.1. The van der Waals surface area contributed by atoms with Crippen molar-refractivity contribution in [3.05, 3.63) is 58.4 Å². The molecule has 0 saturated heterocycles. The largest absolute Gasteiger partial charge is 0.354 e. The summed E-state index contributed by atoms with van der Waals surface area (Å²) in [4.78, 5) is 14.6. The molecule has 3 aromatic rings. The third kappa shape index (κ3) is 1.91. The molecule has 0 aliphatic carbocycles. The van der Waals surface area contributed by atoms with Crippen molar-refractivity contribution in [1.29, 1.82) is 0 Å². The zero-order valence-corrected chi connectivity index (χ0v) is 11.5. The SMILES string of the molecule is Cc1cccc2c(C=O)c(-c3ccc(F)c(Cl)c3)[nH]c12. The number of fused-ring (bicyclic) bond motifs is 1. The van der Waals surface area contributed by atoms with E-state index in [0.717, 1.165) is 22.8 Å². The molecule has 2 aromatic carbocycles. The normalized spacial score (nSPS) is 10.9. The van der Waals surface area contributed by atoms with Crippen LogP contribution in [0.1, 0.15) is 15.9 Å². The van der Waals surface area contributed by atoms with E-state index < -0.39 is 5.82 Å². The molecule has 1 N–H and O–H groups in total. The summed E-state index contributed by atoms with van der Waals surface area (Å²) in [5.41, 5.74) is 3.86. The van der Waals surface area contributed by atoms with Crippen molar-refractivity contribution in [2.24, 2.45) is 0 Å². The van der Waals surface area contributed by atoms with Crippen molar-refractivity contribution >= 4 is 28.8 Å². The Bertz CT molecular complexity index is 823. The molecule has 1 aromatic heterocycles. The minimum absolute atomic E-state index is 0.0368. The lowest BCUT2D eigenvalue weighted by molar-refractivity contribution is 0.112. The van der Waals surface area contributed by atoms with E-state index in [1.165, 1.54) is 12.1 Å². The Morgan fingerprint density at radius 2 is 2.05 bits per heavy atom. The number of rotatable bonds is 2. The highest BCUT2D eigenvalue weighted by molar-refractivity contribution is 6.31. The van der Waals surface area contributed by atoms with Gasteiger partial charge in [0.2, 0.25) is 0 Å². The van der Waals surface area contributed by atoms with E-state index in [-0.39, 0.29) is 5.02 Å². The molecule has 0 unspecified atom stereocenters. The van der Waals surface area contributed by atoms with Gasteiger partial charge in [0, 0.05) is 22.0 Å². The number of aryl methyl sites for hydroxylation is 1. The quantitative estimate of drug-likeness (QED) is 0.678. The van der Waals surface area contributed by atoms with E-state index in [0.29, 0.717) is 16.8 Å². The van der Waals surface area contributed by atoms with Crippen molar-refractivity contribution in [2.75, 3.05) is 0 Å².